The fourth-order valence-electron chi connectivity index (χ4n) is 4.29. The number of hydrogen-bond donors (Lipinski definition) is 0. The zero-order chi connectivity index (χ0) is 23.0. The van der Waals surface area contributed by atoms with Crippen molar-refractivity contribution in [2.45, 2.75) is 34.2 Å². The van der Waals surface area contributed by atoms with Gasteiger partial charge in [0.2, 0.25) is 0 Å². The Labute approximate surface area is 192 Å². The highest BCUT2D eigenvalue weighted by molar-refractivity contribution is 7.07. The van der Waals surface area contributed by atoms with Crippen molar-refractivity contribution < 1.29 is 0 Å². The Balaban J connectivity index is 1.94. The zero-order valence-corrected chi connectivity index (χ0v) is 20.0. The van der Waals surface area contributed by atoms with Crippen LogP contribution in [0.15, 0.2) is 70.3 Å². The van der Waals surface area contributed by atoms with Crippen molar-refractivity contribution >= 4 is 17.0 Å². The molecule has 32 heavy (non-hydrogen) atoms. The maximum absolute atomic E-state index is 13.3. The minimum absolute atomic E-state index is 0.126. The van der Waals surface area contributed by atoms with Gasteiger partial charge in [-0.2, -0.15) is 0 Å². The quantitative estimate of drug-likeness (QED) is 0.382. The molecule has 2 aromatic heterocycles. The van der Waals surface area contributed by atoms with Gasteiger partial charge in [0, 0.05) is 24.5 Å². The van der Waals surface area contributed by atoms with Gasteiger partial charge in [-0.25, -0.2) is 9.67 Å². The summed E-state index contributed by atoms with van der Waals surface area (Å²) in [6, 6.07) is 14.1. The van der Waals surface area contributed by atoms with Gasteiger partial charge in [0.25, 0.3) is 5.56 Å². The normalized spacial score (nSPS) is 11.8. The van der Waals surface area contributed by atoms with Crippen LogP contribution in [-0.2, 0) is 13.6 Å². The molecule has 0 aliphatic rings. The van der Waals surface area contributed by atoms with Crippen molar-refractivity contribution in [2.75, 3.05) is 0 Å². The second-order valence-electron chi connectivity index (χ2n) is 8.10. The van der Waals surface area contributed by atoms with E-state index < -0.39 is 0 Å². The van der Waals surface area contributed by atoms with Crippen LogP contribution in [0, 0.1) is 27.7 Å². The summed E-state index contributed by atoms with van der Waals surface area (Å²) in [4.78, 5) is 19.0. The molecule has 164 valence electrons. The number of para-hydroxylation sites is 1. The van der Waals surface area contributed by atoms with Crippen LogP contribution in [0.2, 0.25) is 0 Å². The molecular formula is C26H28N4OS. The van der Waals surface area contributed by atoms with E-state index in [4.69, 9.17) is 4.99 Å². The fraction of sp³-hybridized carbons (Fsp3) is 0.231. The lowest BCUT2D eigenvalue weighted by Crippen LogP contribution is -2.20. The molecular weight excluding hydrogens is 416 g/mol. The van der Waals surface area contributed by atoms with Gasteiger partial charge in [-0.05, 0) is 51.0 Å². The van der Waals surface area contributed by atoms with Gasteiger partial charge in [0.15, 0.2) is 10.5 Å². The molecule has 0 bridgehead atoms. The highest BCUT2D eigenvalue weighted by Gasteiger charge is 2.17. The van der Waals surface area contributed by atoms with Crippen molar-refractivity contribution in [3.8, 4) is 16.9 Å². The zero-order valence-electron chi connectivity index (χ0n) is 19.2. The lowest BCUT2D eigenvalue weighted by Gasteiger charge is -2.13. The molecule has 2 heterocycles. The Hall–Kier alpha value is -3.38. The minimum atomic E-state index is -0.126. The molecule has 6 heteroatoms. The summed E-state index contributed by atoms with van der Waals surface area (Å²) in [7, 11) is 1.89. The van der Waals surface area contributed by atoms with E-state index in [0.29, 0.717) is 12.2 Å². The smallest absolute Gasteiger partial charge is 0.297 e. The molecule has 0 unspecified atom stereocenters. The van der Waals surface area contributed by atoms with Gasteiger partial charge in [-0.1, -0.05) is 42.0 Å². The van der Waals surface area contributed by atoms with Crippen LogP contribution in [0.25, 0.3) is 16.9 Å². The van der Waals surface area contributed by atoms with Gasteiger partial charge in [-0.3, -0.25) is 9.48 Å². The predicted molar refractivity (Wildman–Crippen MR) is 133 cm³/mol. The minimum Gasteiger partial charge on any atom is -0.313 e. The number of thiazole rings is 1. The molecule has 0 spiro atoms. The predicted octanol–water partition coefficient (Wildman–Crippen LogP) is 5.36. The van der Waals surface area contributed by atoms with E-state index in [1.165, 1.54) is 22.3 Å². The average Bonchev–Trinajstić information content (AvgIpc) is 3.22. The highest BCUT2D eigenvalue weighted by Crippen LogP contribution is 2.29. The van der Waals surface area contributed by atoms with Crippen molar-refractivity contribution in [3.63, 3.8) is 0 Å². The highest BCUT2D eigenvalue weighted by atomic mass is 32.1. The van der Waals surface area contributed by atoms with Gasteiger partial charge < -0.3 is 4.57 Å². The summed E-state index contributed by atoms with van der Waals surface area (Å²) in [5, 5.41) is 2.13. The summed E-state index contributed by atoms with van der Waals surface area (Å²) < 4.78 is 5.66. The van der Waals surface area contributed by atoms with E-state index in [1.807, 2.05) is 55.1 Å². The molecule has 0 saturated carbocycles. The van der Waals surface area contributed by atoms with Gasteiger partial charge in [0.1, 0.15) is 0 Å². The Kier molecular flexibility index (Phi) is 5.89. The van der Waals surface area contributed by atoms with Gasteiger partial charge in [0.05, 0.1) is 17.1 Å². The van der Waals surface area contributed by atoms with Crippen molar-refractivity contribution in [1.82, 2.24) is 13.9 Å². The molecule has 0 N–H and O–H groups in total. The summed E-state index contributed by atoms with van der Waals surface area (Å²) in [5.41, 5.74) is 7.99. The van der Waals surface area contributed by atoms with E-state index in [9.17, 15) is 4.79 Å². The number of benzene rings is 2. The third-order valence-electron chi connectivity index (χ3n) is 5.77. The average molecular weight is 445 g/mol. The Morgan fingerprint density at radius 1 is 1.06 bits per heavy atom. The molecule has 0 saturated heterocycles. The molecule has 2 aromatic carbocycles. The Morgan fingerprint density at radius 2 is 1.72 bits per heavy atom. The van der Waals surface area contributed by atoms with Crippen LogP contribution >= 0.6 is 11.3 Å². The van der Waals surface area contributed by atoms with Crippen LogP contribution in [0.1, 0.15) is 22.4 Å². The number of aryl methyl sites for hydroxylation is 3. The number of allylic oxidation sites excluding steroid dienone is 1. The van der Waals surface area contributed by atoms with Crippen molar-refractivity contribution in [1.29, 1.82) is 0 Å². The summed E-state index contributed by atoms with van der Waals surface area (Å²) >= 11 is 1.55. The second-order valence-corrected chi connectivity index (χ2v) is 8.94. The number of aromatic nitrogens is 3. The third kappa shape index (κ3) is 3.71. The number of nitrogens with zero attached hydrogens (tertiary/aromatic N) is 4. The third-order valence-corrected chi connectivity index (χ3v) is 6.64. The maximum atomic E-state index is 13.3. The van der Waals surface area contributed by atoms with E-state index in [0.717, 1.165) is 21.9 Å². The van der Waals surface area contributed by atoms with Crippen LogP contribution in [0.3, 0.4) is 0 Å². The van der Waals surface area contributed by atoms with E-state index in [2.05, 4.69) is 49.4 Å². The molecule has 0 aliphatic heterocycles. The van der Waals surface area contributed by atoms with Gasteiger partial charge in [-0.15, -0.1) is 17.9 Å². The maximum Gasteiger partial charge on any atom is 0.297 e. The number of hydrogen-bond acceptors (Lipinski definition) is 3. The SMILES string of the molecule is C=CCn1c(-c2c(C)cc(C)cc2C)csc1=Nc1c(C)n(C)n(-c2ccccc2)c1=O. The van der Waals surface area contributed by atoms with E-state index in [1.54, 1.807) is 16.0 Å². The molecule has 4 rings (SSSR count). The molecule has 0 atom stereocenters. The fourth-order valence-corrected chi connectivity index (χ4v) is 5.19. The van der Waals surface area contributed by atoms with Crippen LogP contribution in [0.5, 0.6) is 0 Å². The van der Waals surface area contributed by atoms with E-state index in [-0.39, 0.29) is 5.56 Å². The van der Waals surface area contributed by atoms with Crippen LogP contribution in [0.4, 0.5) is 5.69 Å². The summed E-state index contributed by atoms with van der Waals surface area (Å²) in [5.74, 6) is 0. The lowest BCUT2D eigenvalue weighted by molar-refractivity contribution is 0.630. The first-order valence-corrected chi connectivity index (χ1v) is 11.5. The molecule has 5 nitrogen and oxygen atoms in total. The van der Waals surface area contributed by atoms with Crippen LogP contribution < -0.4 is 10.4 Å². The first kappa shape index (κ1) is 21.8. The standard InChI is InChI=1S/C26H28N4OS/c1-7-13-29-22(23-18(3)14-17(2)15-19(23)4)16-32-26(29)27-24-20(5)28(6)30(25(24)31)21-11-9-8-10-12-21/h7-12,14-16H,1,13H2,2-6H3. The molecule has 4 aromatic rings. The molecule has 0 aliphatic carbocycles. The topological polar surface area (TPSA) is 44.2 Å². The lowest BCUT2D eigenvalue weighted by atomic mass is 9.98. The second kappa shape index (κ2) is 8.63. The first-order valence-electron chi connectivity index (χ1n) is 10.6. The monoisotopic (exact) mass is 444 g/mol. The molecule has 0 amide bonds. The molecule has 0 radical (unpaired) electrons. The van der Waals surface area contributed by atoms with Crippen molar-refractivity contribution in [3.05, 3.63) is 98.0 Å². The van der Waals surface area contributed by atoms with Gasteiger partial charge >= 0.3 is 0 Å². The van der Waals surface area contributed by atoms with Crippen molar-refractivity contribution in [2.24, 2.45) is 12.0 Å². The Bertz CT molecular complexity index is 1410. The summed E-state index contributed by atoms with van der Waals surface area (Å²) in [6.07, 6.45) is 1.87. The number of rotatable bonds is 5. The first-order chi connectivity index (χ1) is 15.3. The Morgan fingerprint density at radius 3 is 2.34 bits per heavy atom. The summed E-state index contributed by atoms with van der Waals surface area (Å²) in [6.45, 7) is 12.9. The molecule has 0 fully saturated rings. The van der Waals surface area contributed by atoms with E-state index >= 15 is 0 Å². The largest absolute Gasteiger partial charge is 0.313 e. The van der Waals surface area contributed by atoms with Crippen LogP contribution in [-0.4, -0.2) is 13.9 Å².